The fraction of sp³-hybridized carbons (Fsp3) is 0.417. The predicted molar refractivity (Wildman–Crippen MR) is 76.2 cm³/mol. The molecule has 112 valence electrons. The zero-order valence-corrected chi connectivity index (χ0v) is 12.5. The summed E-state index contributed by atoms with van der Waals surface area (Å²) in [5, 5.41) is 8.52. The molecular formula is C12H19N3O4S. The number of nitrogens with one attached hydrogen (secondary N) is 1. The van der Waals surface area contributed by atoms with Crippen LogP contribution >= 0.6 is 0 Å². The summed E-state index contributed by atoms with van der Waals surface area (Å²) < 4.78 is 31.2. The minimum atomic E-state index is -3.55. The standard InChI is InChI=1S/C12H19N3O4S/c1-4-15(5-2)20(17,18)10-6-7-12(19-3)11(8-10)13-9-14-16/h6-9,16H,4-5H2,1-3H3,(H,13,14). The van der Waals surface area contributed by atoms with Crippen LogP contribution in [0.5, 0.6) is 5.75 Å². The van der Waals surface area contributed by atoms with Crippen molar-refractivity contribution >= 4 is 22.0 Å². The molecule has 0 unspecified atom stereocenters. The first kappa shape index (κ1) is 16.4. The lowest BCUT2D eigenvalue weighted by Crippen LogP contribution is -2.30. The monoisotopic (exact) mass is 301 g/mol. The van der Waals surface area contributed by atoms with Gasteiger partial charge in [0.1, 0.15) is 17.8 Å². The first-order valence-corrected chi connectivity index (χ1v) is 7.55. The molecule has 20 heavy (non-hydrogen) atoms. The number of aliphatic imine (C=N–C) groups is 1. The number of ether oxygens (including phenoxy) is 1. The van der Waals surface area contributed by atoms with Gasteiger partial charge in [0.2, 0.25) is 10.0 Å². The van der Waals surface area contributed by atoms with Crippen molar-refractivity contribution in [2.45, 2.75) is 18.7 Å². The lowest BCUT2D eigenvalue weighted by Gasteiger charge is -2.19. The van der Waals surface area contributed by atoms with Crippen molar-refractivity contribution in [1.29, 1.82) is 0 Å². The van der Waals surface area contributed by atoms with Gasteiger partial charge >= 0.3 is 0 Å². The van der Waals surface area contributed by atoms with Crippen LogP contribution in [-0.2, 0) is 10.0 Å². The molecular weight excluding hydrogens is 282 g/mol. The van der Waals surface area contributed by atoms with Crippen molar-refractivity contribution < 1.29 is 18.4 Å². The van der Waals surface area contributed by atoms with E-state index in [1.807, 2.05) is 0 Å². The van der Waals surface area contributed by atoms with Gasteiger partial charge in [0.25, 0.3) is 0 Å². The van der Waals surface area contributed by atoms with Crippen molar-refractivity contribution in [3.8, 4) is 5.75 Å². The summed E-state index contributed by atoms with van der Waals surface area (Å²) in [5.74, 6) is 0.412. The van der Waals surface area contributed by atoms with E-state index in [1.54, 1.807) is 19.3 Å². The first-order chi connectivity index (χ1) is 9.51. The molecule has 8 heteroatoms. The van der Waals surface area contributed by atoms with Crippen LogP contribution in [0.15, 0.2) is 28.1 Å². The lowest BCUT2D eigenvalue weighted by molar-refractivity contribution is 0.240. The Balaban J connectivity index is 3.30. The quantitative estimate of drug-likeness (QED) is 0.451. The Morgan fingerprint density at radius 1 is 1.40 bits per heavy atom. The minimum Gasteiger partial charge on any atom is -0.494 e. The lowest BCUT2D eigenvalue weighted by atomic mass is 10.3. The summed E-state index contributed by atoms with van der Waals surface area (Å²) in [6.07, 6.45) is 1.03. The van der Waals surface area contributed by atoms with Crippen LogP contribution in [0, 0.1) is 0 Å². The zero-order valence-electron chi connectivity index (χ0n) is 11.7. The third-order valence-electron chi connectivity index (χ3n) is 2.75. The molecule has 0 aliphatic rings. The van der Waals surface area contributed by atoms with Crippen LogP contribution in [0.25, 0.3) is 0 Å². The molecule has 2 N–H and O–H groups in total. The highest BCUT2D eigenvalue weighted by atomic mass is 32.2. The molecule has 0 heterocycles. The number of hydrogen-bond acceptors (Lipinski definition) is 5. The van der Waals surface area contributed by atoms with E-state index in [9.17, 15) is 8.42 Å². The Morgan fingerprint density at radius 2 is 2.05 bits per heavy atom. The van der Waals surface area contributed by atoms with Crippen molar-refractivity contribution in [2.24, 2.45) is 4.99 Å². The second-order valence-electron chi connectivity index (χ2n) is 3.81. The highest BCUT2D eigenvalue weighted by molar-refractivity contribution is 7.89. The van der Waals surface area contributed by atoms with Crippen LogP contribution in [0.1, 0.15) is 13.8 Å². The van der Waals surface area contributed by atoms with E-state index in [2.05, 4.69) is 4.99 Å². The minimum absolute atomic E-state index is 0.132. The van der Waals surface area contributed by atoms with E-state index in [1.165, 1.54) is 29.6 Å². The summed E-state index contributed by atoms with van der Waals surface area (Å²) >= 11 is 0. The van der Waals surface area contributed by atoms with Crippen LogP contribution in [0.3, 0.4) is 0 Å². The summed E-state index contributed by atoms with van der Waals surface area (Å²) in [7, 11) is -2.10. The van der Waals surface area contributed by atoms with Crippen molar-refractivity contribution in [3.63, 3.8) is 0 Å². The topological polar surface area (TPSA) is 91.2 Å². The maximum atomic E-state index is 12.4. The molecule has 0 amide bonds. The van der Waals surface area contributed by atoms with Gasteiger partial charge in [-0.1, -0.05) is 13.8 Å². The average molecular weight is 301 g/mol. The SMILES string of the molecule is CCN(CC)S(=O)(=O)c1ccc(OC)c(N=CNO)c1. The number of methoxy groups -OCH3 is 1. The fourth-order valence-electron chi connectivity index (χ4n) is 1.74. The molecule has 0 saturated heterocycles. The number of sulfonamides is 1. The number of hydrogen-bond donors (Lipinski definition) is 2. The number of rotatable bonds is 7. The third kappa shape index (κ3) is 3.47. The molecule has 0 aliphatic heterocycles. The molecule has 0 saturated carbocycles. The van der Waals surface area contributed by atoms with E-state index in [4.69, 9.17) is 9.94 Å². The zero-order chi connectivity index (χ0) is 15.2. The van der Waals surface area contributed by atoms with Gasteiger partial charge in [-0.05, 0) is 18.2 Å². The number of nitrogens with zero attached hydrogens (tertiary/aromatic N) is 2. The average Bonchev–Trinajstić information content (AvgIpc) is 2.45. The van der Waals surface area contributed by atoms with Gasteiger partial charge in [0.15, 0.2) is 0 Å². The summed E-state index contributed by atoms with van der Waals surface area (Å²) in [4.78, 5) is 4.02. The highest BCUT2D eigenvalue weighted by Gasteiger charge is 2.22. The molecule has 1 aromatic carbocycles. The Labute approximate surface area is 118 Å². The molecule has 0 radical (unpaired) electrons. The van der Waals surface area contributed by atoms with Crippen LogP contribution in [-0.4, -0.2) is 44.5 Å². The Morgan fingerprint density at radius 3 is 2.55 bits per heavy atom. The van der Waals surface area contributed by atoms with E-state index in [-0.39, 0.29) is 4.90 Å². The van der Waals surface area contributed by atoms with E-state index in [0.717, 1.165) is 6.34 Å². The van der Waals surface area contributed by atoms with Gasteiger partial charge in [0, 0.05) is 13.1 Å². The van der Waals surface area contributed by atoms with E-state index < -0.39 is 10.0 Å². The van der Waals surface area contributed by atoms with E-state index >= 15 is 0 Å². The maximum Gasteiger partial charge on any atom is 0.243 e. The summed E-state index contributed by atoms with van der Waals surface area (Å²) in [6.45, 7) is 4.34. The van der Waals surface area contributed by atoms with Gasteiger partial charge in [-0.15, -0.1) is 0 Å². The number of benzene rings is 1. The normalized spacial score (nSPS) is 12.1. The van der Waals surface area contributed by atoms with Crippen molar-refractivity contribution in [2.75, 3.05) is 20.2 Å². The van der Waals surface area contributed by atoms with Crippen LogP contribution in [0.2, 0.25) is 0 Å². The third-order valence-corrected chi connectivity index (χ3v) is 4.80. The molecule has 0 spiro atoms. The second kappa shape index (κ2) is 7.22. The van der Waals surface area contributed by atoms with Crippen LogP contribution < -0.4 is 10.2 Å². The van der Waals surface area contributed by atoms with Gasteiger partial charge in [-0.2, -0.15) is 4.31 Å². The molecule has 7 nitrogen and oxygen atoms in total. The molecule has 0 bridgehead atoms. The van der Waals surface area contributed by atoms with Gasteiger partial charge in [-0.25, -0.2) is 13.4 Å². The molecule has 1 aromatic rings. The molecule has 0 aromatic heterocycles. The Bertz CT molecular complexity index is 568. The fourth-order valence-corrected chi connectivity index (χ4v) is 3.22. The molecule has 0 atom stereocenters. The highest BCUT2D eigenvalue weighted by Crippen LogP contribution is 2.30. The summed E-state index contributed by atoms with van der Waals surface area (Å²) in [6, 6.07) is 4.40. The molecule has 0 fully saturated rings. The van der Waals surface area contributed by atoms with Crippen molar-refractivity contribution in [1.82, 2.24) is 9.79 Å². The molecule has 1 rings (SSSR count). The maximum absolute atomic E-state index is 12.4. The van der Waals surface area contributed by atoms with E-state index in [0.29, 0.717) is 24.5 Å². The molecule has 0 aliphatic carbocycles. The van der Waals surface area contributed by atoms with Gasteiger partial charge < -0.3 is 4.74 Å². The van der Waals surface area contributed by atoms with Gasteiger partial charge in [-0.3, -0.25) is 10.7 Å². The second-order valence-corrected chi connectivity index (χ2v) is 5.75. The largest absolute Gasteiger partial charge is 0.494 e. The summed E-state index contributed by atoms with van der Waals surface area (Å²) in [5.41, 5.74) is 2.07. The first-order valence-electron chi connectivity index (χ1n) is 6.11. The van der Waals surface area contributed by atoms with Crippen molar-refractivity contribution in [3.05, 3.63) is 18.2 Å². The smallest absolute Gasteiger partial charge is 0.243 e. The number of hydroxylamine groups is 1. The Kier molecular flexibility index (Phi) is 5.93. The predicted octanol–water partition coefficient (Wildman–Crippen LogP) is 1.36. The Hall–Kier alpha value is -1.64. The van der Waals surface area contributed by atoms with Crippen LogP contribution in [0.4, 0.5) is 5.69 Å². The van der Waals surface area contributed by atoms with Gasteiger partial charge in [0.05, 0.1) is 12.0 Å².